The Labute approximate surface area is 124 Å². The molecule has 0 unspecified atom stereocenters. The molecule has 1 N–H and O–H groups in total. The van der Waals surface area contributed by atoms with Gasteiger partial charge in [-0.15, -0.1) is 0 Å². The number of hydrogen-bond donors (Lipinski definition) is 1. The van der Waals surface area contributed by atoms with E-state index in [-0.39, 0.29) is 23.4 Å². The molecule has 0 aliphatic carbocycles. The highest BCUT2D eigenvalue weighted by molar-refractivity contribution is 5.96. The predicted molar refractivity (Wildman–Crippen MR) is 73.8 cm³/mol. The fourth-order valence-corrected chi connectivity index (χ4v) is 1.99. The summed E-state index contributed by atoms with van der Waals surface area (Å²) < 4.78 is 31.4. The third-order valence-electron chi connectivity index (χ3n) is 3.39. The zero-order valence-corrected chi connectivity index (χ0v) is 12.3. The van der Waals surface area contributed by atoms with Crippen LogP contribution in [-0.2, 0) is 13.6 Å². The highest BCUT2D eigenvalue weighted by atomic mass is 19.3. The summed E-state index contributed by atoms with van der Waals surface area (Å²) in [5.41, 5.74) is 0.657. The Hall–Kier alpha value is -2.51. The molecule has 1 amide bonds. The van der Waals surface area contributed by atoms with Crippen molar-refractivity contribution in [2.24, 2.45) is 7.05 Å². The summed E-state index contributed by atoms with van der Waals surface area (Å²) in [6.07, 6.45) is -2.94. The fraction of sp³-hybridized carbons (Fsp3) is 0.357. The van der Waals surface area contributed by atoms with Gasteiger partial charge >= 0.3 is 0 Å². The first-order chi connectivity index (χ1) is 10.3. The Morgan fingerprint density at radius 3 is 2.73 bits per heavy atom. The van der Waals surface area contributed by atoms with Gasteiger partial charge in [0, 0.05) is 24.8 Å². The number of amides is 1. The van der Waals surface area contributed by atoms with Gasteiger partial charge in [-0.25, -0.2) is 8.78 Å². The Morgan fingerprint density at radius 2 is 2.09 bits per heavy atom. The third kappa shape index (κ3) is 2.90. The second-order valence-corrected chi connectivity index (χ2v) is 4.85. The predicted octanol–water partition coefficient (Wildman–Crippen LogP) is 1.86. The van der Waals surface area contributed by atoms with E-state index < -0.39 is 18.1 Å². The van der Waals surface area contributed by atoms with Crippen molar-refractivity contribution in [2.75, 3.05) is 0 Å². The van der Waals surface area contributed by atoms with Gasteiger partial charge in [-0.2, -0.15) is 0 Å². The van der Waals surface area contributed by atoms with E-state index in [1.807, 2.05) is 0 Å². The van der Waals surface area contributed by atoms with E-state index in [9.17, 15) is 18.4 Å². The molecule has 6 nitrogen and oxygen atoms in total. The van der Waals surface area contributed by atoms with Gasteiger partial charge in [0.05, 0.1) is 5.69 Å². The van der Waals surface area contributed by atoms with Gasteiger partial charge in [0.2, 0.25) is 5.76 Å². The molecular weight excluding hydrogens is 296 g/mol. The van der Waals surface area contributed by atoms with Crippen molar-refractivity contribution in [2.45, 2.75) is 26.8 Å². The van der Waals surface area contributed by atoms with E-state index in [1.54, 1.807) is 26.1 Å². The maximum atomic E-state index is 12.8. The maximum Gasteiger partial charge on any atom is 0.298 e. The van der Waals surface area contributed by atoms with Gasteiger partial charge < -0.3 is 14.4 Å². The number of carbonyl (C=O) groups excluding carboxylic acids is 1. The van der Waals surface area contributed by atoms with Crippen molar-refractivity contribution in [1.29, 1.82) is 0 Å². The normalized spacial score (nSPS) is 11.0. The molecule has 0 radical (unpaired) electrons. The summed E-state index contributed by atoms with van der Waals surface area (Å²) >= 11 is 0. The van der Waals surface area contributed by atoms with Gasteiger partial charge in [-0.05, 0) is 19.9 Å². The standard InChI is InChI=1S/C14H15F2N3O3/c1-7-4-5-9(14(21)19(7)3)6-17-13(20)10-8(2)18-22-11(10)12(15)16/h4-5,12H,6H2,1-3H3,(H,17,20). The number of aryl methyl sites for hydroxylation is 2. The average Bonchev–Trinajstić information content (AvgIpc) is 2.86. The monoisotopic (exact) mass is 311 g/mol. The molecule has 0 aliphatic heterocycles. The van der Waals surface area contributed by atoms with E-state index in [0.717, 1.165) is 5.69 Å². The molecule has 0 saturated heterocycles. The van der Waals surface area contributed by atoms with Crippen molar-refractivity contribution in [3.63, 3.8) is 0 Å². The van der Waals surface area contributed by atoms with E-state index >= 15 is 0 Å². The highest BCUT2D eigenvalue weighted by Crippen LogP contribution is 2.24. The summed E-state index contributed by atoms with van der Waals surface area (Å²) in [4.78, 5) is 24.0. The van der Waals surface area contributed by atoms with Crippen molar-refractivity contribution in [1.82, 2.24) is 15.0 Å². The minimum Gasteiger partial charge on any atom is -0.354 e. The number of rotatable bonds is 4. The van der Waals surface area contributed by atoms with Crippen LogP contribution in [0.1, 0.15) is 39.5 Å². The quantitative estimate of drug-likeness (QED) is 0.935. The van der Waals surface area contributed by atoms with Gasteiger partial charge in [0.25, 0.3) is 17.9 Å². The molecule has 0 aromatic carbocycles. The van der Waals surface area contributed by atoms with Gasteiger partial charge in [-0.3, -0.25) is 9.59 Å². The number of nitrogens with one attached hydrogen (secondary N) is 1. The van der Waals surface area contributed by atoms with Crippen LogP contribution in [0.5, 0.6) is 0 Å². The van der Waals surface area contributed by atoms with Crippen LogP contribution in [0.25, 0.3) is 0 Å². The average molecular weight is 311 g/mol. The second-order valence-electron chi connectivity index (χ2n) is 4.85. The first kappa shape index (κ1) is 15.9. The first-order valence-electron chi connectivity index (χ1n) is 6.51. The van der Waals surface area contributed by atoms with Crippen molar-refractivity contribution < 1.29 is 18.1 Å². The van der Waals surface area contributed by atoms with Crippen LogP contribution in [0.4, 0.5) is 8.78 Å². The molecule has 0 fully saturated rings. The number of hydrogen-bond acceptors (Lipinski definition) is 4. The molecule has 118 valence electrons. The zero-order chi connectivity index (χ0) is 16.4. The molecule has 0 saturated carbocycles. The summed E-state index contributed by atoms with van der Waals surface area (Å²) in [6.45, 7) is 3.10. The van der Waals surface area contributed by atoms with Crippen LogP contribution in [0.15, 0.2) is 21.5 Å². The molecule has 2 aromatic heterocycles. The van der Waals surface area contributed by atoms with Crippen LogP contribution in [0, 0.1) is 13.8 Å². The highest BCUT2D eigenvalue weighted by Gasteiger charge is 2.26. The summed E-state index contributed by atoms with van der Waals surface area (Å²) in [6, 6.07) is 3.32. The Balaban J connectivity index is 2.20. The van der Waals surface area contributed by atoms with E-state index in [2.05, 4.69) is 15.0 Å². The summed E-state index contributed by atoms with van der Waals surface area (Å²) in [5.74, 6) is -1.52. The summed E-state index contributed by atoms with van der Waals surface area (Å²) in [5, 5.41) is 5.81. The molecule has 2 heterocycles. The van der Waals surface area contributed by atoms with E-state index in [0.29, 0.717) is 5.56 Å². The molecule has 8 heteroatoms. The van der Waals surface area contributed by atoms with Gasteiger partial charge in [-0.1, -0.05) is 11.2 Å². The largest absolute Gasteiger partial charge is 0.354 e. The molecule has 0 atom stereocenters. The number of halogens is 2. The molecule has 2 rings (SSSR count). The molecule has 2 aromatic rings. The second kappa shape index (κ2) is 6.08. The van der Waals surface area contributed by atoms with E-state index in [4.69, 9.17) is 0 Å². The smallest absolute Gasteiger partial charge is 0.298 e. The Bertz CT molecular complexity index is 765. The van der Waals surface area contributed by atoms with Crippen LogP contribution >= 0.6 is 0 Å². The lowest BCUT2D eigenvalue weighted by atomic mass is 10.1. The molecular formula is C14H15F2N3O3. The lowest BCUT2D eigenvalue weighted by Gasteiger charge is -2.08. The topological polar surface area (TPSA) is 77.1 Å². The van der Waals surface area contributed by atoms with E-state index in [1.165, 1.54) is 11.5 Å². The van der Waals surface area contributed by atoms with Crippen LogP contribution in [0.2, 0.25) is 0 Å². The summed E-state index contributed by atoms with van der Waals surface area (Å²) in [7, 11) is 1.61. The van der Waals surface area contributed by atoms with Crippen LogP contribution < -0.4 is 10.9 Å². The molecule has 0 bridgehead atoms. The maximum absolute atomic E-state index is 12.8. The molecule has 0 aliphatic rings. The Morgan fingerprint density at radius 1 is 1.41 bits per heavy atom. The number of aromatic nitrogens is 2. The fourth-order valence-electron chi connectivity index (χ4n) is 1.99. The van der Waals surface area contributed by atoms with Gasteiger partial charge in [0.1, 0.15) is 5.56 Å². The number of pyridine rings is 1. The first-order valence-corrected chi connectivity index (χ1v) is 6.51. The lowest BCUT2D eigenvalue weighted by Crippen LogP contribution is -2.30. The van der Waals surface area contributed by atoms with Crippen molar-refractivity contribution in [3.8, 4) is 0 Å². The lowest BCUT2D eigenvalue weighted by molar-refractivity contribution is 0.0906. The van der Waals surface area contributed by atoms with Crippen LogP contribution in [0.3, 0.4) is 0 Å². The minimum atomic E-state index is -2.94. The number of alkyl halides is 2. The minimum absolute atomic E-state index is 0.0704. The SMILES string of the molecule is Cc1noc(C(F)F)c1C(=O)NCc1ccc(C)n(C)c1=O. The van der Waals surface area contributed by atoms with Crippen molar-refractivity contribution >= 4 is 5.91 Å². The Kier molecular flexibility index (Phi) is 4.39. The van der Waals surface area contributed by atoms with Crippen LogP contribution in [-0.4, -0.2) is 15.6 Å². The molecule has 22 heavy (non-hydrogen) atoms. The third-order valence-corrected chi connectivity index (χ3v) is 3.39. The zero-order valence-electron chi connectivity index (χ0n) is 12.3. The molecule has 0 spiro atoms. The number of nitrogens with zero attached hydrogens (tertiary/aromatic N) is 2. The number of carbonyl (C=O) groups is 1. The van der Waals surface area contributed by atoms with Gasteiger partial charge in [0.15, 0.2) is 0 Å². The van der Waals surface area contributed by atoms with Crippen molar-refractivity contribution in [3.05, 3.63) is 50.8 Å².